The first-order chi connectivity index (χ1) is 8.47. The van der Waals surface area contributed by atoms with Crippen molar-refractivity contribution in [2.45, 2.75) is 24.0 Å². The van der Waals surface area contributed by atoms with E-state index in [0.29, 0.717) is 4.90 Å². The lowest BCUT2D eigenvalue weighted by Gasteiger charge is -2.17. The lowest BCUT2D eigenvalue weighted by atomic mass is 10.1. The number of hydrazine groups is 1. The van der Waals surface area contributed by atoms with Crippen LogP contribution in [0, 0.1) is 16.0 Å². The highest BCUT2D eigenvalue weighted by Crippen LogP contribution is 2.34. The van der Waals surface area contributed by atoms with Crippen LogP contribution >= 0.6 is 11.8 Å². The summed E-state index contributed by atoms with van der Waals surface area (Å²) in [4.78, 5) is 22.4. The largest absolute Gasteiger partial charge is 0.294 e. The summed E-state index contributed by atoms with van der Waals surface area (Å²) in [5.41, 5.74) is 2.13. The van der Waals surface area contributed by atoms with Crippen molar-refractivity contribution in [3.63, 3.8) is 0 Å². The number of para-hydroxylation sites is 1. The molecule has 0 aliphatic rings. The van der Waals surface area contributed by atoms with E-state index in [1.54, 1.807) is 25.1 Å². The third-order valence-electron chi connectivity index (χ3n) is 2.63. The molecule has 0 bridgehead atoms. The second-order valence-electron chi connectivity index (χ2n) is 3.85. The number of nitrogens with zero attached hydrogens (tertiary/aromatic N) is 1. The molecule has 3 N–H and O–H groups in total. The lowest BCUT2D eigenvalue weighted by molar-refractivity contribution is -0.387. The lowest BCUT2D eigenvalue weighted by Crippen LogP contribution is -2.38. The molecule has 0 aliphatic carbocycles. The third-order valence-corrected chi connectivity index (χ3v) is 4.01. The fraction of sp³-hybridized carbons (Fsp3) is 0.364. The van der Waals surface area contributed by atoms with Gasteiger partial charge in [-0.3, -0.25) is 20.3 Å². The molecule has 18 heavy (non-hydrogen) atoms. The van der Waals surface area contributed by atoms with Crippen molar-refractivity contribution in [2.75, 3.05) is 0 Å². The molecule has 6 nitrogen and oxygen atoms in total. The number of amides is 1. The highest BCUT2D eigenvalue weighted by Gasteiger charge is 2.23. The van der Waals surface area contributed by atoms with Gasteiger partial charge in [0.05, 0.1) is 9.82 Å². The summed E-state index contributed by atoms with van der Waals surface area (Å²) in [5.74, 6) is 4.45. The molecule has 1 aromatic carbocycles. The van der Waals surface area contributed by atoms with E-state index in [2.05, 4.69) is 5.43 Å². The first-order valence-corrected chi connectivity index (χ1v) is 6.26. The fourth-order valence-electron chi connectivity index (χ4n) is 1.35. The minimum Gasteiger partial charge on any atom is -0.294 e. The number of nitrogens with two attached hydrogens (primary N) is 1. The summed E-state index contributed by atoms with van der Waals surface area (Å²) in [6.45, 7) is 3.57. The van der Waals surface area contributed by atoms with Crippen LogP contribution in [0.15, 0.2) is 29.2 Å². The fourth-order valence-corrected chi connectivity index (χ4v) is 2.50. The predicted octanol–water partition coefficient (Wildman–Crippen LogP) is 1.70. The van der Waals surface area contributed by atoms with E-state index in [0.717, 1.165) is 0 Å². The Morgan fingerprint density at radius 2 is 2.06 bits per heavy atom. The minimum atomic E-state index is -0.428. The molecule has 98 valence electrons. The molecule has 1 aromatic rings. The van der Waals surface area contributed by atoms with Crippen molar-refractivity contribution in [1.82, 2.24) is 5.43 Å². The van der Waals surface area contributed by atoms with Crippen LogP contribution in [0.2, 0.25) is 0 Å². The Hall–Kier alpha value is -1.60. The predicted molar refractivity (Wildman–Crippen MR) is 69.9 cm³/mol. The smallest absolute Gasteiger partial charge is 0.282 e. The Kier molecular flexibility index (Phi) is 5.11. The minimum absolute atomic E-state index is 0.0507. The van der Waals surface area contributed by atoms with Crippen molar-refractivity contribution in [3.8, 4) is 0 Å². The maximum atomic E-state index is 11.4. The number of nitrogens with one attached hydrogen (secondary N) is 1. The standard InChI is InChI=1S/C11H15N3O3S/c1-7(11(15)13-12)8(2)18-10-6-4-3-5-9(10)14(16)17/h3-8H,12H2,1-2H3,(H,13,15). The number of nitro groups is 1. The summed E-state index contributed by atoms with van der Waals surface area (Å²) < 4.78 is 0. The van der Waals surface area contributed by atoms with Crippen LogP contribution in [0.4, 0.5) is 5.69 Å². The van der Waals surface area contributed by atoms with Crippen molar-refractivity contribution < 1.29 is 9.72 Å². The van der Waals surface area contributed by atoms with Crippen LogP contribution in [0.3, 0.4) is 0 Å². The number of hydrogen-bond donors (Lipinski definition) is 2. The topological polar surface area (TPSA) is 98.3 Å². The van der Waals surface area contributed by atoms with Gasteiger partial charge in [0.15, 0.2) is 0 Å². The van der Waals surface area contributed by atoms with Crippen molar-refractivity contribution in [2.24, 2.45) is 11.8 Å². The maximum absolute atomic E-state index is 11.4. The molecule has 0 aromatic heterocycles. The number of nitro benzene ring substituents is 1. The summed E-state index contributed by atoms with van der Waals surface area (Å²) in [6, 6.07) is 6.47. The number of rotatable bonds is 5. The van der Waals surface area contributed by atoms with Gasteiger partial charge in [-0.05, 0) is 6.07 Å². The number of carbonyl (C=O) groups is 1. The number of hydrogen-bond acceptors (Lipinski definition) is 5. The van der Waals surface area contributed by atoms with Crippen LogP contribution < -0.4 is 11.3 Å². The molecular weight excluding hydrogens is 254 g/mol. The third kappa shape index (κ3) is 3.44. The molecule has 0 saturated heterocycles. The molecule has 1 amide bonds. The van der Waals surface area contributed by atoms with Crippen molar-refractivity contribution >= 4 is 23.4 Å². The summed E-state index contributed by atoms with van der Waals surface area (Å²) in [6.07, 6.45) is 0. The SMILES string of the molecule is CC(Sc1ccccc1[N+](=O)[O-])C(C)C(=O)NN. The van der Waals surface area contributed by atoms with E-state index in [4.69, 9.17) is 5.84 Å². The van der Waals surface area contributed by atoms with E-state index in [1.807, 2.05) is 6.92 Å². The normalized spacial score (nSPS) is 13.7. The Morgan fingerprint density at radius 1 is 1.44 bits per heavy atom. The molecule has 0 radical (unpaired) electrons. The summed E-state index contributed by atoms with van der Waals surface area (Å²) in [5, 5.41) is 10.7. The molecule has 0 spiro atoms. The van der Waals surface area contributed by atoms with Gasteiger partial charge in [0.2, 0.25) is 5.91 Å². The van der Waals surface area contributed by atoms with Gasteiger partial charge >= 0.3 is 0 Å². The second-order valence-corrected chi connectivity index (χ2v) is 5.26. The number of benzene rings is 1. The number of carbonyl (C=O) groups excluding carboxylic acids is 1. The zero-order valence-corrected chi connectivity index (χ0v) is 10.9. The van der Waals surface area contributed by atoms with Crippen LogP contribution in [0.25, 0.3) is 0 Å². The highest BCUT2D eigenvalue weighted by molar-refractivity contribution is 8.00. The monoisotopic (exact) mass is 269 g/mol. The van der Waals surface area contributed by atoms with Gasteiger partial charge in [-0.25, -0.2) is 5.84 Å². The highest BCUT2D eigenvalue weighted by atomic mass is 32.2. The molecule has 0 fully saturated rings. The first-order valence-electron chi connectivity index (χ1n) is 5.38. The van der Waals surface area contributed by atoms with E-state index < -0.39 is 4.92 Å². The van der Waals surface area contributed by atoms with Gasteiger partial charge < -0.3 is 0 Å². The maximum Gasteiger partial charge on any atom is 0.282 e. The Morgan fingerprint density at radius 3 is 2.61 bits per heavy atom. The second kappa shape index (κ2) is 6.36. The van der Waals surface area contributed by atoms with Crippen LogP contribution in [-0.2, 0) is 4.79 Å². The van der Waals surface area contributed by atoms with Gasteiger partial charge in [0.25, 0.3) is 5.69 Å². The van der Waals surface area contributed by atoms with Crippen molar-refractivity contribution in [3.05, 3.63) is 34.4 Å². The Balaban J connectivity index is 2.85. The zero-order valence-electron chi connectivity index (χ0n) is 10.1. The molecular formula is C11H15N3O3S. The van der Waals surface area contributed by atoms with Crippen LogP contribution in [0.5, 0.6) is 0 Å². The summed E-state index contributed by atoms with van der Waals surface area (Å²) >= 11 is 1.29. The zero-order chi connectivity index (χ0) is 13.7. The van der Waals surface area contributed by atoms with Gasteiger partial charge in [0.1, 0.15) is 0 Å². The van der Waals surface area contributed by atoms with Gasteiger partial charge in [-0.2, -0.15) is 0 Å². The van der Waals surface area contributed by atoms with Crippen LogP contribution in [-0.4, -0.2) is 16.1 Å². The molecule has 0 saturated carbocycles. The molecule has 0 heterocycles. The van der Waals surface area contributed by atoms with Gasteiger partial charge in [0, 0.05) is 17.2 Å². The molecule has 2 atom stereocenters. The molecule has 1 rings (SSSR count). The van der Waals surface area contributed by atoms with Gasteiger partial charge in [-0.1, -0.05) is 26.0 Å². The van der Waals surface area contributed by atoms with E-state index in [-0.39, 0.29) is 22.8 Å². The average molecular weight is 269 g/mol. The molecule has 7 heteroatoms. The van der Waals surface area contributed by atoms with Crippen molar-refractivity contribution in [1.29, 1.82) is 0 Å². The van der Waals surface area contributed by atoms with E-state index in [1.165, 1.54) is 17.8 Å². The van der Waals surface area contributed by atoms with Gasteiger partial charge in [-0.15, -0.1) is 11.8 Å². The van der Waals surface area contributed by atoms with E-state index in [9.17, 15) is 14.9 Å². The number of thioether (sulfide) groups is 1. The Labute approximate surface area is 109 Å². The summed E-state index contributed by atoms with van der Waals surface area (Å²) in [7, 11) is 0. The van der Waals surface area contributed by atoms with E-state index >= 15 is 0 Å². The Bertz CT molecular complexity index is 453. The average Bonchev–Trinajstić information content (AvgIpc) is 2.37. The van der Waals surface area contributed by atoms with Crippen LogP contribution in [0.1, 0.15) is 13.8 Å². The molecule has 0 aliphatic heterocycles. The first kappa shape index (κ1) is 14.5. The quantitative estimate of drug-likeness (QED) is 0.279. The molecule has 2 unspecified atom stereocenters.